The van der Waals surface area contributed by atoms with Gasteiger partial charge in [0.1, 0.15) is 0 Å². The molecular formula is C38H42N2S2. The lowest BCUT2D eigenvalue weighted by Crippen LogP contribution is -2.12. The number of fused-ring (bicyclic) bond motifs is 4. The van der Waals surface area contributed by atoms with Crippen LogP contribution in [0, 0.1) is 0 Å². The molecule has 0 atom stereocenters. The third-order valence-corrected chi connectivity index (χ3v) is 9.83. The van der Waals surface area contributed by atoms with Crippen molar-refractivity contribution in [3.8, 4) is 0 Å². The van der Waals surface area contributed by atoms with E-state index in [0.717, 1.165) is 37.4 Å². The monoisotopic (exact) mass is 590 g/mol. The maximum atomic E-state index is 2.41. The fourth-order valence-corrected chi connectivity index (χ4v) is 7.57. The van der Waals surface area contributed by atoms with Crippen LogP contribution < -0.4 is 0 Å². The number of hydrogen-bond acceptors (Lipinski definition) is 4. The molecule has 2 aliphatic heterocycles. The van der Waals surface area contributed by atoms with Crippen molar-refractivity contribution in [1.82, 2.24) is 9.80 Å². The van der Waals surface area contributed by atoms with Gasteiger partial charge in [0.2, 0.25) is 0 Å². The average Bonchev–Trinajstić information content (AvgIpc) is 3.26. The Morgan fingerprint density at radius 2 is 0.857 bits per heavy atom. The molecule has 6 rings (SSSR count). The molecule has 0 aliphatic carbocycles. The summed E-state index contributed by atoms with van der Waals surface area (Å²) in [5.41, 5.74) is 11.2. The number of hydrogen-bond donors (Lipinski definition) is 0. The molecule has 0 amide bonds. The number of rotatable bonds is 6. The summed E-state index contributed by atoms with van der Waals surface area (Å²) in [7, 11) is 8.51. The van der Waals surface area contributed by atoms with Gasteiger partial charge in [0.25, 0.3) is 0 Å². The standard InChI is InChI=1S/2C19H21NS/c2*1-20(2)13-7-11-17-16-9-4-3-8-15(16)14-21-19-12-6-5-10-18(17)19/h2*3-6,8-12H,7,13-14H2,1-2H3/b2*17-11-. The van der Waals surface area contributed by atoms with Gasteiger partial charge in [-0.15, -0.1) is 23.5 Å². The quantitative estimate of drug-likeness (QED) is 0.221. The molecular weight excluding hydrogens is 549 g/mol. The Labute approximate surface area is 261 Å². The minimum Gasteiger partial charge on any atom is -0.309 e. The molecule has 0 fully saturated rings. The molecule has 4 aromatic carbocycles. The van der Waals surface area contributed by atoms with E-state index in [1.165, 1.54) is 54.3 Å². The first kappa shape index (κ1) is 30.4. The highest BCUT2D eigenvalue weighted by molar-refractivity contribution is 7.98. The van der Waals surface area contributed by atoms with Crippen molar-refractivity contribution in [2.45, 2.75) is 34.1 Å². The van der Waals surface area contributed by atoms with E-state index >= 15 is 0 Å². The smallest absolute Gasteiger partial charge is 0.0238 e. The fourth-order valence-electron chi connectivity index (χ4n) is 5.42. The van der Waals surface area contributed by atoms with Gasteiger partial charge in [-0.25, -0.2) is 0 Å². The van der Waals surface area contributed by atoms with Gasteiger partial charge in [-0.3, -0.25) is 0 Å². The van der Waals surface area contributed by atoms with E-state index < -0.39 is 0 Å². The zero-order valence-electron chi connectivity index (χ0n) is 25.3. The van der Waals surface area contributed by atoms with Crippen LogP contribution in [0.5, 0.6) is 0 Å². The van der Waals surface area contributed by atoms with Gasteiger partial charge in [-0.2, -0.15) is 0 Å². The lowest BCUT2D eigenvalue weighted by molar-refractivity contribution is 0.417. The van der Waals surface area contributed by atoms with Crippen LogP contribution in [0.25, 0.3) is 11.1 Å². The molecule has 4 heteroatoms. The Hall–Kier alpha value is -3.02. The molecule has 0 saturated heterocycles. The Morgan fingerprint density at radius 1 is 0.500 bits per heavy atom. The zero-order chi connectivity index (χ0) is 29.3. The Morgan fingerprint density at radius 3 is 1.26 bits per heavy atom. The predicted molar refractivity (Wildman–Crippen MR) is 185 cm³/mol. The minimum absolute atomic E-state index is 1.05. The van der Waals surface area contributed by atoms with Crippen molar-refractivity contribution in [3.63, 3.8) is 0 Å². The molecule has 42 heavy (non-hydrogen) atoms. The highest BCUT2D eigenvalue weighted by atomic mass is 32.2. The summed E-state index contributed by atoms with van der Waals surface area (Å²) in [5.74, 6) is 2.11. The molecule has 216 valence electrons. The van der Waals surface area contributed by atoms with Gasteiger partial charge in [-0.1, -0.05) is 97.1 Å². The van der Waals surface area contributed by atoms with E-state index in [9.17, 15) is 0 Å². The third-order valence-electron chi connectivity index (χ3n) is 7.59. The van der Waals surface area contributed by atoms with E-state index in [4.69, 9.17) is 0 Å². The molecule has 0 N–H and O–H groups in total. The highest BCUT2D eigenvalue weighted by Gasteiger charge is 2.18. The Bertz CT molecular complexity index is 1330. The second-order valence-electron chi connectivity index (χ2n) is 11.3. The van der Waals surface area contributed by atoms with Crippen LogP contribution in [0.2, 0.25) is 0 Å². The second-order valence-corrected chi connectivity index (χ2v) is 13.3. The molecule has 0 unspecified atom stereocenters. The summed E-state index contributed by atoms with van der Waals surface area (Å²) in [4.78, 5) is 7.26. The molecule has 0 aromatic heterocycles. The molecule has 2 heterocycles. The maximum absolute atomic E-state index is 2.41. The van der Waals surface area contributed by atoms with Crippen molar-refractivity contribution >= 4 is 34.7 Å². The van der Waals surface area contributed by atoms with Crippen molar-refractivity contribution in [2.75, 3.05) is 41.3 Å². The van der Waals surface area contributed by atoms with Crippen molar-refractivity contribution < 1.29 is 0 Å². The summed E-state index contributed by atoms with van der Waals surface area (Å²) < 4.78 is 0. The van der Waals surface area contributed by atoms with Crippen LogP contribution in [0.15, 0.2) is 119 Å². The number of benzene rings is 4. The van der Waals surface area contributed by atoms with Gasteiger partial charge < -0.3 is 9.80 Å². The van der Waals surface area contributed by atoms with E-state index in [2.05, 4.69) is 147 Å². The van der Waals surface area contributed by atoms with E-state index in [0.29, 0.717) is 0 Å². The lowest BCUT2D eigenvalue weighted by atomic mass is 9.93. The van der Waals surface area contributed by atoms with Gasteiger partial charge in [0.05, 0.1) is 0 Å². The van der Waals surface area contributed by atoms with Crippen LogP contribution in [-0.4, -0.2) is 51.1 Å². The van der Waals surface area contributed by atoms with Gasteiger partial charge in [-0.05, 0) is 97.7 Å². The van der Waals surface area contributed by atoms with E-state index in [1.54, 1.807) is 0 Å². The number of nitrogens with zero attached hydrogens (tertiary/aromatic N) is 2. The predicted octanol–water partition coefficient (Wildman–Crippen LogP) is 9.35. The SMILES string of the molecule is CN(C)CC/C=C1/c2ccccc2CSc2ccccc21.CN(C)CC/C=C1/c2ccccc2CSc2ccccc21. The van der Waals surface area contributed by atoms with Crippen LogP contribution in [0.3, 0.4) is 0 Å². The number of thioether (sulfide) groups is 2. The van der Waals surface area contributed by atoms with E-state index in [1.807, 2.05) is 23.5 Å². The van der Waals surface area contributed by atoms with E-state index in [-0.39, 0.29) is 0 Å². The molecule has 2 aliphatic rings. The second kappa shape index (κ2) is 14.9. The molecule has 0 saturated carbocycles. The first-order valence-corrected chi connectivity index (χ1v) is 16.8. The topological polar surface area (TPSA) is 6.48 Å². The fraction of sp³-hybridized carbons (Fsp3) is 0.263. The largest absolute Gasteiger partial charge is 0.309 e. The average molecular weight is 591 g/mol. The highest BCUT2D eigenvalue weighted by Crippen LogP contribution is 2.41. The first-order chi connectivity index (χ1) is 20.5. The summed E-state index contributed by atoms with van der Waals surface area (Å²) in [6, 6.07) is 35.2. The lowest BCUT2D eigenvalue weighted by Gasteiger charge is -2.12. The van der Waals surface area contributed by atoms with Crippen molar-refractivity contribution in [3.05, 3.63) is 143 Å². The molecule has 2 nitrogen and oxygen atoms in total. The van der Waals surface area contributed by atoms with Crippen LogP contribution in [0.1, 0.15) is 46.2 Å². The van der Waals surface area contributed by atoms with Crippen LogP contribution >= 0.6 is 23.5 Å². The zero-order valence-corrected chi connectivity index (χ0v) is 27.0. The van der Waals surface area contributed by atoms with Crippen LogP contribution in [-0.2, 0) is 11.5 Å². The molecule has 0 radical (unpaired) electrons. The Balaban J connectivity index is 0.000000168. The van der Waals surface area contributed by atoms with Gasteiger partial charge >= 0.3 is 0 Å². The summed E-state index contributed by atoms with van der Waals surface area (Å²) in [6.45, 7) is 2.17. The molecule has 4 aromatic rings. The van der Waals surface area contributed by atoms with Gasteiger partial charge in [0, 0.05) is 34.4 Å². The van der Waals surface area contributed by atoms with Gasteiger partial charge in [0.15, 0.2) is 0 Å². The van der Waals surface area contributed by atoms with Crippen molar-refractivity contribution in [2.24, 2.45) is 0 Å². The summed E-state index contributed by atoms with van der Waals surface area (Å²) >= 11 is 3.89. The van der Waals surface area contributed by atoms with Crippen molar-refractivity contribution in [1.29, 1.82) is 0 Å². The summed E-state index contributed by atoms with van der Waals surface area (Å²) in [5, 5.41) is 0. The molecule has 0 spiro atoms. The third kappa shape index (κ3) is 7.67. The molecule has 0 bridgehead atoms. The minimum atomic E-state index is 1.05. The normalized spacial score (nSPS) is 15.7. The summed E-state index contributed by atoms with van der Waals surface area (Å²) in [6.07, 6.45) is 6.97. The Kier molecular flexibility index (Phi) is 10.8. The maximum Gasteiger partial charge on any atom is 0.0238 e. The first-order valence-electron chi connectivity index (χ1n) is 14.8. The van der Waals surface area contributed by atoms with Crippen LogP contribution in [0.4, 0.5) is 0 Å².